The number of anilines is 1. The molecule has 1 N–H and O–H groups in total. The van der Waals surface area contributed by atoms with Gasteiger partial charge >= 0.3 is 0 Å². The number of ether oxygens (including phenoxy) is 1. The van der Waals surface area contributed by atoms with Crippen molar-refractivity contribution in [3.05, 3.63) is 70.8 Å². The molecule has 0 aromatic heterocycles. The van der Waals surface area contributed by atoms with Crippen molar-refractivity contribution in [2.45, 2.75) is 19.4 Å². The summed E-state index contributed by atoms with van der Waals surface area (Å²) in [5.41, 5.74) is 0.542. The SMILES string of the molecule is CCN1C(=O)[C@]2(C(=C(O)c3ccc(C)cc3)C(=O)C(=O)N2CCOC)c2ccccc21. The third-order valence-corrected chi connectivity index (χ3v) is 5.97. The van der Waals surface area contributed by atoms with Crippen LogP contribution in [0.25, 0.3) is 5.76 Å². The fraction of sp³-hybridized carbons (Fsp3) is 0.292. The number of nitrogens with zero attached hydrogens (tertiary/aromatic N) is 2. The largest absolute Gasteiger partial charge is 0.507 e. The summed E-state index contributed by atoms with van der Waals surface area (Å²) in [4.78, 5) is 43.0. The molecule has 1 spiro atoms. The van der Waals surface area contributed by atoms with Gasteiger partial charge in [0.1, 0.15) is 5.76 Å². The van der Waals surface area contributed by atoms with E-state index in [0.717, 1.165) is 5.56 Å². The Balaban J connectivity index is 2.06. The lowest BCUT2D eigenvalue weighted by molar-refractivity contribution is -0.144. The van der Waals surface area contributed by atoms with Gasteiger partial charge in [0, 0.05) is 31.3 Å². The molecule has 0 aliphatic carbocycles. The monoisotopic (exact) mass is 420 g/mol. The third kappa shape index (κ3) is 2.80. The second-order valence-electron chi connectivity index (χ2n) is 7.65. The molecule has 2 heterocycles. The van der Waals surface area contributed by atoms with Crippen LogP contribution in [0.2, 0.25) is 0 Å². The van der Waals surface area contributed by atoms with Crippen molar-refractivity contribution in [2.75, 3.05) is 31.7 Å². The van der Waals surface area contributed by atoms with Crippen LogP contribution >= 0.6 is 0 Å². The van der Waals surface area contributed by atoms with Crippen LogP contribution in [-0.4, -0.2) is 54.4 Å². The molecule has 1 fully saturated rings. The van der Waals surface area contributed by atoms with E-state index in [4.69, 9.17) is 4.74 Å². The minimum atomic E-state index is -1.73. The lowest BCUT2D eigenvalue weighted by Gasteiger charge is -2.34. The molecule has 4 rings (SSSR count). The van der Waals surface area contributed by atoms with E-state index in [2.05, 4.69) is 0 Å². The van der Waals surface area contributed by atoms with Crippen molar-refractivity contribution in [1.29, 1.82) is 0 Å². The maximum absolute atomic E-state index is 13.9. The molecule has 7 heteroatoms. The van der Waals surface area contributed by atoms with Gasteiger partial charge in [0.2, 0.25) is 0 Å². The first-order valence-electron chi connectivity index (χ1n) is 10.2. The summed E-state index contributed by atoms with van der Waals surface area (Å²) < 4.78 is 5.15. The third-order valence-electron chi connectivity index (χ3n) is 5.97. The van der Waals surface area contributed by atoms with Gasteiger partial charge in [0.25, 0.3) is 17.6 Å². The van der Waals surface area contributed by atoms with Crippen LogP contribution in [0.1, 0.15) is 23.6 Å². The summed E-state index contributed by atoms with van der Waals surface area (Å²) in [6.45, 7) is 4.26. The van der Waals surface area contributed by atoms with Crippen LogP contribution < -0.4 is 4.90 Å². The number of aliphatic hydroxyl groups excluding tert-OH is 1. The molecule has 2 aromatic rings. The van der Waals surface area contributed by atoms with Crippen molar-refractivity contribution in [3.63, 3.8) is 0 Å². The predicted octanol–water partition coefficient (Wildman–Crippen LogP) is 2.58. The number of ketones is 1. The van der Waals surface area contributed by atoms with Crippen LogP contribution in [0.15, 0.2) is 54.1 Å². The number of methoxy groups -OCH3 is 1. The second-order valence-corrected chi connectivity index (χ2v) is 7.65. The van der Waals surface area contributed by atoms with E-state index in [9.17, 15) is 19.5 Å². The number of aryl methyl sites for hydroxylation is 1. The quantitative estimate of drug-likeness (QED) is 0.456. The summed E-state index contributed by atoms with van der Waals surface area (Å²) in [5.74, 6) is -2.50. The molecule has 0 bridgehead atoms. The van der Waals surface area contributed by atoms with Gasteiger partial charge in [-0.05, 0) is 19.9 Å². The van der Waals surface area contributed by atoms with Crippen molar-refractivity contribution in [1.82, 2.24) is 4.90 Å². The van der Waals surface area contributed by atoms with Crippen LogP contribution in [0.3, 0.4) is 0 Å². The number of amides is 2. The van der Waals surface area contributed by atoms with Gasteiger partial charge in [-0.2, -0.15) is 0 Å². The molecule has 2 aromatic carbocycles. The first-order chi connectivity index (χ1) is 14.9. The molecule has 1 saturated heterocycles. The number of likely N-dealkylation sites (N-methyl/N-ethyl adjacent to an activating group) is 1. The number of carbonyl (C=O) groups is 3. The molecule has 2 amide bonds. The smallest absolute Gasteiger partial charge is 0.296 e. The first kappa shape index (κ1) is 20.8. The number of Topliss-reactive ketones (excluding diaryl/α,β-unsaturated/α-hetero) is 1. The maximum Gasteiger partial charge on any atom is 0.296 e. The fourth-order valence-corrected chi connectivity index (χ4v) is 4.52. The van der Waals surface area contributed by atoms with Crippen molar-refractivity contribution >= 4 is 29.0 Å². The van der Waals surface area contributed by atoms with Gasteiger partial charge in [0.05, 0.1) is 17.9 Å². The highest BCUT2D eigenvalue weighted by molar-refractivity contribution is 6.50. The lowest BCUT2D eigenvalue weighted by atomic mass is 9.82. The van der Waals surface area contributed by atoms with Crippen LogP contribution in [0.4, 0.5) is 5.69 Å². The molecule has 2 aliphatic rings. The molecule has 1 atom stereocenters. The highest BCUT2D eigenvalue weighted by Crippen LogP contribution is 2.53. The lowest BCUT2D eigenvalue weighted by Crippen LogP contribution is -2.52. The molecule has 31 heavy (non-hydrogen) atoms. The number of benzene rings is 2. The van der Waals surface area contributed by atoms with Crippen molar-refractivity contribution in [3.8, 4) is 0 Å². The Hall–Kier alpha value is -3.45. The van der Waals surface area contributed by atoms with Gasteiger partial charge in [0.15, 0.2) is 5.54 Å². The molecular formula is C24H24N2O5. The minimum absolute atomic E-state index is 0.0311. The van der Waals surface area contributed by atoms with Crippen molar-refractivity contribution in [2.24, 2.45) is 0 Å². The Morgan fingerprint density at radius 1 is 1.06 bits per heavy atom. The van der Waals surface area contributed by atoms with Crippen LogP contribution in [0, 0.1) is 6.92 Å². The number of likely N-dealkylation sites (tertiary alicyclic amines) is 1. The molecule has 0 saturated carbocycles. The Labute approximate surface area is 180 Å². The zero-order chi connectivity index (χ0) is 22.3. The summed E-state index contributed by atoms with van der Waals surface area (Å²) in [6.07, 6.45) is 0. The average molecular weight is 420 g/mol. The number of hydrogen-bond acceptors (Lipinski definition) is 5. The number of carbonyl (C=O) groups excluding carboxylic acids is 3. The molecule has 160 valence electrons. The number of fused-ring (bicyclic) bond motifs is 2. The second kappa shape index (κ2) is 7.67. The molecular weight excluding hydrogens is 396 g/mol. The summed E-state index contributed by atoms with van der Waals surface area (Å²) >= 11 is 0. The fourth-order valence-electron chi connectivity index (χ4n) is 4.52. The van der Waals surface area contributed by atoms with Gasteiger partial charge in [-0.1, -0.05) is 48.0 Å². The Morgan fingerprint density at radius 3 is 2.39 bits per heavy atom. The first-order valence-corrected chi connectivity index (χ1v) is 10.2. The molecule has 0 unspecified atom stereocenters. The Kier molecular flexibility index (Phi) is 5.15. The summed E-state index contributed by atoms with van der Waals surface area (Å²) in [7, 11) is 1.48. The van der Waals surface area contributed by atoms with E-state index in [-0.39, 0.29) is 24.5 Å². The molecule has 2 aliphatic heterocycles. The van der Waals surface area contributed by atoms with E-state index in [1.807, 2.05) is 13.8 Å². The number of aliphatic hydroxyl groups is 1. The number of rotatable bonds is 5. The number of para-hydroxylation sites is 1. The predicted molar refractivity (Wildman–Crippen MR) is 115 cm³/mol. The van der Waals surface area contributed by atoms with Crippen LogP contribution in [0.5, 0.6) is 0 Å². The van der Waals surface area contributed by atoms with Gasteiger partial charge in [-0.15, -0.1) is 0 Å². The maximum atomic E-state index is 13.9. The normalized spacial score (nSPS) is 22.0. The highest BCUT2D eigenvalue weighted by atomic mass is 16.5. The van der Waals surface area contributed by atoms with Gasteiger partial charge in [-0.25, -0.2) is 0 Å². The summed E-state index contributed by atoms with van der Waals surface area (Å²) in [6, 6.07) is 14.0. The Bertz CT molecular complexity index is 1110. The highest BCUT2D eigenvalue weighted by Gasteiger charge is 2.66. The van der Waals surface area contributed by atoms with E-state index in [1.54, 1.807) is 53.4 Å². The van der Waals surface area contributed by atoms with Crippen molar-refractivity contribution < 1.29 is 24.2 Å². The standard InChI is InChI=1S/C24H24N2O5/c1-4-25-18-8-6-5-7-17(18)24(23(25)30)19(20(27)16-11-9-15(2)10-12-16)21(28)22(29)26(24)13-14-31-3/h5-12,27H,4,13-14H2,1-3H3/t24-/m1/s1. The summed E-state index contributed by atoms with van der Waals surface area (Å²) in [5, 5.41) is 11.2. The Morgan fingerprint density at radius 2 is 1.74 bits per heavy atom. The molecule has 0 radical (unpaired) electrons. The van der Waals surface area contributed by atoms with Gasteiger partial charge in [-0.3, -0.25) is 14.4 Å². The average Bonchev–Trinajstić information content (AvgIpc) is 3.15. The zero-order valence-corrected chi connectivity index (χ0v) is 17.7. The zero-order valence-electron chi connectivity index (χ0n) is 17.7. The van der Waals surface area contributed by atoms with Gasteiger partial charge < -0.3 is 19.6 Å². The number of hydrogen-bond donors (Lipinski definition) is 1. The van der Waals surface area contributed by atoms with Crippen LogP contribution in [-0.2, 0) is 24.7 Å². The van der Waals surface area contributed by atoms with E-state index >= 15 is 0 Å². The van der Waals surface area contributed by atoms with E-state index in [0.29, 0.717) is 23.4 Å². The minimum Gasteiger partial charge on any atom is -0.507 e. The van der Waals surface area contributed by atoms with E-state index in [1.165, 1.54) is 12.0 Å². The topological polar surface area (TPSA) is 87.2 Å². The van der Waals surface area contributed by atoms with E-state index < -0.39 is 23.1 Å². The molecule has 7 nitrogen and oxygen atoms in total.